The standard InChI is InChI=1S/C16H18O3/c1-3-18-16(17)10-6-8-13-12(2)11-19-15-9-5-4-7-14(13)15/h4-10,12H,3,11H2,1-2H3. The molecule has 0 aromatic heterocycles. The number of para-hydroxylation sites is 1. The van der Waals surface area contributed by atoms with Crippen molar-refractivity contribution in [2.45, 2.75) is 13.8 Å². The van der Waals surface area contributed by atoms with E-state index in [1.165, 1.54) is 11.6 Å². The zero-order valence-corrected chi connectivity index (χ0v) is 11.3. The highest BCUT2D eigenvalue weighted by molar-refractivity contribution is 5.83. The average Bonchev–Trinajstić information content (AvgIpc) is 2.41. The van der Waals surface area contributed by atoms with Crippen LogP contribution >= 0.6 is 0 Å². The second kappa shape index (κ2) is 6.23. The lowest BCUT2D eigenvalue weighted by Crippen LogP contribution is -2.17. The molecule has 1 aliphatic heterocycles. The fraction of sp³-hybridized carbons (Fsp3) is 0.312. The molecule has 1 atom stereocenters. The van der Waals surface area contributed by atoms with E-state index in [4.69, 9.17) is 9.47 Å². The zero-order valence-electron chi connectivity index (χ0n) is 11.3. The first kappa shape index (κ1) is 13.4. The second-order valence-corrected chi connectivity index (χ2v) is 4.44. The first-order chi connectivity index (χ1) is 9.22. The van der Waals surface area contributed by atoms with Crippen LogP contribution in [-0.2, 0) is 9.53 Å². The Morgan fingerprint density at radius 3 is 3.05 bits per heavy atom. The molecule has 1 aromatic rings. The first-order valence-electron chi connectivity index (χ1n) is 6.49. The molecule has 3 nitrogen and oxygen atoms in total. The summed E-state index contributed by atoms with van der Waals surface area (Å²) in [4.78, 5) is 11.2. The number of ether oxygens (including phenoxy) is 2. The lowest BCUT2D eigenvalue weighted by atomic mass is 9.91. The van der Waals surface area contributed by atoms with Crippen LogP contribution in [0.3, 0.4) is 0 Å². The van der Waals surface area contributed by atoms with Gasteiger partial charge in [-0.1, -0.05) is 37.3 Å². The van der Waals surface area contributed by atoms with Crippen LogP contribution in [0.5, 0.6) is 5.75 Å². The fourth-order valence-electron chi connectivity index (χ4n) is 2.08. The van der Waals surface area contributed by atoms with Crippen LogP contribution in [0.4, 0.5) is 0 Å². The summed E-state index contributed by atoms with van der Waals surface area (Å²) in [6, 6.07) is 7.95. The number of rotatable bonds is 3. The Kier molecular flexibility index (Phi) is 4.39. The van der Waals surface area contributed by atoms with E-state index in [0.29, 0.717) is 19.1 Å². The Bertz CT molecular complexity index is 514. The summed E-state index contributed by atoms with van der Waals surface area (Å²) in [5.41, 5.74) is 2.28. The van der Waals surface area contributed by atoms with Crippen LogP contribution < -0.4 is 4.74 Å². The van der Waals surface area contributed by atoms with E-state index in [1.807, 2.05) is 30.3 Å². The number of carbonyl (C=O) groups is 1. The minimum Gasteiger partial charge on any atom is -0.492 e. The van der Waals surface area contributed by atoms with Crippen molar-refractivity contribution in [3.05, 3.63) is 48.1 Å². The van der Waals surface area contributed by atoms with Gasteiger partial charge in [-0.05, 0) is 18.6 Å². The van der Waals surface area contributed by atoms with Gasteiger partial charge in [-0.25, -0.2) is 4.79 Å². The summed E-state index contributed by atoms with van der Waals surface area (Å²) in [6.07, 6.45) is 5.15. The smallest absolute Gasteiger partial charge is 0.330 e. The molecule has 2 rings (SSSR count). The largest absolute Gasteiger partial charge is 0.492 e. The van der Waals surface area contributed by atoms with Crippen molar-refractivity contribution in [2.24, 2.45) is 5.92 Å². The Balaban J connectivity index is 2.21. The van der Waals surface area contributed by atoms with Crippen LogP contribution in [-0.4, -0.2) is 19.2 Å². The molecule has 1 aliphatic rings. The van der Waals surface area contributed by atoms with E-state index in [-0.39, 0.29) is 5.97 Å². The van der Waals surface area contributed by atoms with Gasteiger partial charge in [0.25, 0.3) is 0 Å². The van der Waals surface area contributed by atoms with Gasteiger partial charge >= 0.3 is 5.97 Å². The van der Waals surface area contributed by atoms with E-state index in [0.717, 1.165) is 11.3 Å². The molecule has 0 fully saturated rings. The molecule has 19 heavy (non-hydrogen) atoms. The molecular formula is C16H18O3. The van der Waals surface area contributed by atoms with E-state index in [2.05, 4.69) is 6.92 Å². The maximum Gasteiger partial charge on any atom is 0.330 e. The summed E-state index contributed by atoms with van der Waals surface area (Å²) in [5, 5.41) is 0. The molecule has 1 unspecified atom stereocenters. The quantitative estimate of drug-likeness (QED) is 0.617. The lowest BCUT2D eigenvalue weighted by molar-refractivity contribution is -0.137. The van der Waals surface area contributed by atoms with Gasteiger partial charge in [0.15, 0.2) is 0 Å². The Morgan fingerprint density at radius 1 is 1.47 bits per heavy atom. The van der Waals surface area contributed by atoms with Crippen molar-refractivity contribution in [1.82, 2.24) is 0 Å². The van der Waals surface area contributed by atoms with Crippen molar-refractivity contribution < 1.29 is 14.3 Å². The number of fused-ring (bicyclic) bond motifs is 1. The van der Waals surface area contributed by atoms with Crippen molar-refractivity contribution in [3.63, 3.8) is 0 Å². The van der Waals surface area contributed by atoms with E-state index >= 15 is 0 Å². The summed E-state index contributed by atoms with van der Waals surface area (Å²) in [6.45, 7) is 4.96. The Morgan fingerprint density at radius 2 is 2.26 bits per heavy atom. The van der Waals surface area contributed by atoms with Crippen molar-refractivity contribution in [3.8, 4) is 5.75 Å². The molecule has 0 aliphatic carbocycles. The summed E-state index contributed by atoms with van der Waals surface area (Å²) < 4.78 is 10.5. The molecule has 0 saturated carbocycles. The van der Waals surface area contributed by atoms with Crippen LogP contribution in [0.2, 0.25) is 0 Å². The Hall–Kier alpha value is -2.03. The highest BCUT2D eigenvalue weighted by Gasteiger charge is 2.20. The van der Waals surface area contributed by atoms with E-state index in [1.54, 1.807) is 13.0 Å². The molecule has 3 heteroatoms. The highest BCUT2D eigenvalue weighted by Crippen LogP contribution is 2.35. The minimum absolute atomic E-state index is 0.307. The van der Waals surface area contributed by atoms with Gasteiger partial charge in [0.05, 0.1) is 13.2 Å². The van der Waals surface area contributed by atoms with Gasteiger partial charge in [0.1, 0.15) is 5.75 Å². The molecule has 0 N–H and O–H groups in total. The average molecular weight is 258 g/mol. The van der Waals surface area contributed by atoms with Crippen molar-refractivity contribution in [1.29, 1.82) is 0 Å². The predicted molar refractivity (Wildman–Crippen MR) is 74.9 cm³/mol. The molecule has 1 heterocycles. The number of benzene rings is 1. The molecule has 0 radical (unpaired) electrons. The van der Waals surface area contributed by atoms with Crippen LogP contribution in [0, 0.1) is 5.92 Å². The SMILES string of the molecule is CCOC(=O)C=CC=C1c2ccccc2OCC1C. The number of hydrogen-bond acceptors (Lipinski definition) is 3. The number of hydrogen-bond donors (Lipinski definition) is 0. The van der Waals surface area contributed by atoms with Gasteiger partial charge < -0.3 is 9.47 Å². The van der Waals surface area contributed by atoms with Crippen molar-refractivity contribution in [2.75, 3.05) is 13.2 Å². The van der Waals surface area contributed by atoms with Gasteiger partial charge in [-0.15, -0.1) is 0 Å². The molecule has 0 bridgehead atoms. The van der Waals surface area contributed by atoms with Crippen LogP contribution in [0.15, 0.2) is 42.5 Å². The van der Waals surface area contributed by atoms with E-state index in [9.17, 15) is 4.79 Å². The second-order valence-electron chi connectivity index (χ2n) is 4.44. The molecule has 0 spiro atoms. The number of esters is 1. The number of allylic oxidation sites excluding steroid dienone is 2. The van der Waals surface area contributed by atoms with E-state index < -0.39 is 0 Å². The minimum atomic E-state index is -0.313. The van der Waals surface area contributed by atoms with Gasteiger partial charge in [0.2, 0.25) is 0 Å². The molecular weight excluding hydrogens is 240 g/mol. The molecule has 0 saturated heterocycles. The normalized spacial score (nSPS) is 20.1. The monoisotopic (exact) mass is 258 g/mol. The first-order valence-corrected chi connectivity index (χ1v) is 6.49. The molecule has 100 valence electrons. The lowest BCUT2D eigenvalue weighted by Gasteiger charge is -2.25. The van der Waals surface area contributed by atoms with Crippen molar-refractivity contribution >= 4 is 11.5 Å². The fourth-order valence-corrected chi connectivity index (χ4v) is 2.08. The third kappa shape index (κ3) is 3.25. The van der Waals surface area contributed by atoms with Crippen LogP contribution in [0.25, 0.3) is 5.57 Å². The molecule has 0 amide bonds. The van der Waals surface area contributed by atoms with Gasteiger partial charge in [-0.2, -0.15) is 0 Å². The van der Waals surface area contributed by atoms with Crippen LogP contribution in [0.1, 0.15) is 19.4 Å². The third-order valence-electron chi connectivity index (χ3n) is 3.01. The maximum atomic E-state index is 11.2. The predicted octanol–water partition coefficient (Wildman–Crippen LogP) is 3.22. The Labute approximate surface area is 113 Å². The van der Waals surface area contributed by atoms with Gasteiger partial charge in [-0.3, -0.25) is 0 Å². The summed E-state index contributed by atoms with van der Waals surface area (Å²) >= 11 is 0. The number of carbonyl (C=O) groups excluding carboxylic acids is 1. The topological polar surface area (TPSA) is 35.5 Å². The highest BCUT2D eigenvalue weighted by atomic mass is 16.5. The summed E-state index contributed by atoms with van der Waals surface area (Å²) in [5.74, 6) is 0.894. The maximum absolute atomic E-state index is 11.2. The third-order valence-corrected chi connectivity index (χ3v) is 3.01. The summed E-state index contributed by atoms with van der Waals surface area (Å²) in [7, 11) is 0. The zero-order chi connectivity index (χ0) is 13.7. The van der Waals surface area contributed by atoms with Gasteiger partial charge in [0, 0.05) is 17.6 Å². The molecule has 1 aromatic carbocycles.